The summed E-state index contributed by atoms with van der Waals surface area (Å²) in [5.74, 6) is 0.426. The number of anilines is 1. The van der Waals surface area contributed by atoms with E-state index in [9.17, 15) is 0 Å². The van der Waals surface area contributed by atoms with Gasteiger partial charge >= 0.3 is 0 Å². The maximum absolute atomic E-state index is 5.67. The zero-order valence-corrected chi connectivity index (χ0v) is 14.5. The second kappa shape index (κ2) is 6.71. The standard InChI is InChI=1S/C14H13BrN8O/c1-8(18-17-7-10-3-5-11(15)6-4-10)12-9(2)23(22-19-12)14-13(16)20-24-21-14/h3-7H,1-2H3,(H2,16,20)/b17-7-,18-8+. The predicted octanol–water partition coefficient (Wildman–Crippen LogP) is 2.15. The van der Waals surface area contributed by atoms with Crippen LogP contribution in [0.25, 0.3) is 5.82 Å². The third kappa shape index (κ3) is 3.23. The van der Waals surface area contributed by atoms with E-state index in [0.717, 1.165) is 10.0 Å². The smallest absolute Gasteiger partial charge is 0.243 e. The molecule has 0 saturated carbocycles. The maximum atomic E-state index is 5.67. The van der Waals surface area contributed by atoms with Gasteiger partial charge in [0, 0.05) is 4.47 Å². The molecule has 3 aromatic rings. The third-order valence-electron chi connectivity index (χ3n) is 3.22. The Kier molecular flexibility index (Phi) is 4.47. The van der Waals surface area contributed by atoms with Gasteiger partial charge in [-0.25, -0.2) is 4.63 Å². The lowest BCUT2D eigenvalue weighted by Crippen LogP contribution is -2.04. The van der Waals surface area contributed by atoms with Crippen LogP contribution in [0, 0.1) is 6.92 Å². The predicted molar refractivity (Wildman–Crippen MR) is 92.3 cm³/mol. The molecule has 10 heteroatoms. The summed E-state index contributed by atoms with van der Waals surface area (Å²) >= 11 is 3.38. The van der Waals surface area contributed by atoms with Crippen LogP contribution in [0.1, 0.15) is 23.9 Å². The maximum Gasteiger partial charge on any atom is 0.243 e. The Bertz CT molecular complexity index is 909. The van der Waals surface area contributed by atoms with Crippen LogP contribution in [0.2, 0.25) is 0 Å². The number of halogens is 1. The molecule has 0 aliphatic rings. The molecule has 0 fully saturated rings. The molecule has 0 aliphatic heterocycles. The van der Waals surface area contributed by atoms with Gasteiger partial charge in [0.2, 0.25) is 11.6 Å². The molecule has 0 unspecified atom stereocenters. The van der Waals surface area contributed by atoms with Gasteiger partial charge in [-0.2, -0.15) is 14.9 Å². The second-order valence-electron chi connectivity index (χ2n) is 4.89. The van der Waals surface area contributed by atoms with E-state index in [1.807, 2.05) is 31.2 Å². The van der Waals surface area contributed by atoms with Gasteiger partial charge in [-0.05, 0) is 41.9 Å². The Balaban J connectivity index is 1.82. The number of nitrogen functional groups attached to an aromatic ring is 1. The topological polar surface area (TPSA) is 120 Å². The van der Waals surface area contributed by atoms with Crippen molar-refractivity contribution < 1.29 is 4.63 Å². The summed E-state index contributed by atoms with van der Waals surface area (Å²) in [6, 6.07) is 7.73. The van der Waals surface area contributed by atoms with Crippen molar-refractivity contribution in [3.8, 4) is 5.82 Å². The second-order valence-corrected chi connectivity index (χ2v) is 5.81. The average molecular weight is 389 g/mol. The minimum Gasteiger partial charge on any atom is -0.378 e. The van der Waals surface area contributed by atoms with Crippen LogP contribution in [0.15, 0.2) is 43.6 Å². The molecule has 2 aromatic heterocycles. The third-order valence-corrected chi connectivity index (χ3v) is 3.75. The van der Waals surface area contributed by atoms with Crippen molar-refractivity contribution in [2.45, 2.75) is 13.8 Å². The van der Waals surface area contributed by atoms with Crippen molar-refractivity contribution in [3.05, 3.63) is 45.7 Å². The fourth-order valence-electron chi connectivity index (χ4n) is 1.98. The number of nitrogens with two attached hydrogens (primary N) is 1. The summed E-state index contributed by atoms with van der Waals surface area (Å²) in [7, 11) is 0. The molecule has 2 N–H and O–H groups in total. The van der Waals surface area contributed by atoms with E-state index in [1.165, 1.54) is 4.68 Å². The van der Waals surface area contributed by atoms with Crippen molar-refractivity contribution in [2.75, 3.05) is 5.73 Å². The van der Waals surface area contributed by atoms with Gasteiger partial charge in [0.1, 0.15) is 5.69 Å². The first-order valence-electron chi connectivity index (χ1n) is 6.90. The first-order chi connectivity index (χ1) is 11.6. The van der Waals surface area contributed by atoms with Gasteiger partial charge in [-0.3, -0.25) is 0 Å². The molecule has 1 aromatic carbocycles. The first kappa shape index (κ1) is 16.0. The lowest BCUT2D eigenvalue weighted by Gasteiger charge is -1.98. The number of hydrogen-bond acceptors (Lipinski definition) is 8. The van der Waals surface area contributed by atoms with Crippen LogP contribution >= 0.6 is 15.9 Å². The van der Waals surface area contributed by atoms with Crippen molar-refractivity contribution in [2.24, 2.45) is 10.2 Å². The fourth-order valence-corrected chi connectivity index (χ4v) is 2.25. The molecular weight excluding hydrogens is 376 g/mol. The summed E-state index contributed by atoms with van der Waals surface area (Å²) in [6.45, 7) is 3.62. The Morgan fingerprint density at radius 1 is 1.29 bits per heavy atom. The number of benzene rings is 1. The Morgan fingerprint density at radius 3 is 2.71 bits per heavy atom. The summed E-state index contributed by atoms with van der Waals surface area (Å²) in [6.07, 6.45) is 1.66. The van der Waals surface area contributed by atoms with E-state index in [2.05, 4.69) is 51.4 Å². The summed E-state index contributed by atoms with van der Waals surface area (Å²) < 4.78 is 7.03. The molecule has 0 radical (unpaired) electrons. The van der Waals surface area contributed by atoms with E-state index in [0.29, 0.717) is 17.1 Å². The lowest BCUT2D eigenvalue weighted by molar-refractivity contribution is 0.306. The zero-order valence-electron chi connectivity index (χ0n) is 12.9. The normalized spacial score (nSPS) is 12.2. The average Bonchev–Trinajstić information content (AvgIpc) is 3.14. The number of nitrogens with zero attached hydrogens (tertiary/aromatic N) is 7. The first-order valence-corrected chi connectivity index (χ1v) is 7.70. The Hall–Kier alpha value is -2.88. The molecule has 0 aliphatic carbocycles. The molecule has 0 bridgehead atoms. The van der Waals surface area contributed by atoms with Gasteiger partial charge < -0.3 is 5.73 Å². The quantitative estimate of drug-likeness (QED) is 0.539. The van der Waals surface area contributed by atoms with Crippen LogP contribution in [0.3, 0.4) is 0 Å². The number of hydrogen-bond donors (Lipinski definition) is 1. The SMILES string of the molecule is C/C(=N\N=C/c1ccc(Br)cc1)c1nnn(-c2nonc2N)c1C. The molecule has 0 amide bonds. The van der Waals surface area contributed by atoms with Gasteiger partial charge in [0.25, 0.3) is 0 Å². The van der Waals surface area contributed by atoms with E-state index < -0.39 is 0 Å². The molecule has 9 nitrogen and oxygen atoms in total. The molecule has 0 saturated heterocycles. The van der Waals surface area contributed by atoms with Crippen LogP contribution in [0.5, 0.6) is 0 Å². The number of rotatable bonds is 4. The highest BCUT2D eigenvalue weighted by molar-refractivity contribution is 9.10. The lowest BCUT2D eigenvalue weighted by atomic mass is 10.2. The molecule has 0 atom stereocenters. The van der Waals surface area contributed by atoms with E-state index in [1.54, 1.807) is 13.1 Å². The summed E-state index contributed by atoms with van der Waals surface area (Å²) in [5, 5.41) is 23.6. The van der Waals surface area contributed by atoms with Crippen LogP contribution in [0.4, 0.5) is 5.82 Å². The van der Waals surface area contributed by atoms with Crippen LogP contribution in [-0.4, -0.2) is 37.2 Å². The molecule has 24 heavy (non-hydrogen) atoms. The van der Waals surface area contributed by atoms with Gasteiger partial charge in [0.05, 0.1) is 17.6 Å². The number of aromatic nitrogens is 5. The Morgan fingerprint density at radius 2 is 2.04 bits per heavy atom. The van der Waals surface area contributed by atoms with Crippen molar-refractivity contribution in [3.63, 3.8) is 0 Å². The largest absolute Gasteiger partial charge is 0.378 e. The summed E-state index contributed by atoms with van der Waals surface area (Å²) in [5.41, 5.74) is 8.52. The fraction of sp³-hybridized carbons (Fsp3) is 0.143. The highest BCUT2D eigenvalue weighted by atomic mass is 79.9. The zero-order chi connectivity index (χ0) is 17.1. The van der Waals surface area contributed by atoms with Crippen LogP contribution < -0.4 is 5.73 Å². The van der Waals surface area contributed by atoms with Gasteiger partial charge in [-0.15, -0.1) is 5.10 Å². The van der Waals surface area contributed by atoms with Crippen LogP contribution in [-0.2, 0) is 0 Å². The molecule has 122 valence electrons. The molecule has 2 heterocycles. The minimum absolute atomic E-state index is 0.136. The highest BCUT2D eigenvalue weighted by Crippen LogP contribution is 2.15. The monoisotopic (exact) mass is 388 g/mol. The van der Waals surface area contributed by atoms with Gasteiger partial charge in [-0.1, -0.05) is 33.3 Å². The van der Waals surface area contributed by atoms with Crippen molar-refractivity contribution in [1.29, 1.82) is 0 Å². The molecule has 0 spiro atoms. The highest BCUT2D eigenvalue weighted by Gasteiger charge is 2.17. The molecular formula is C14H13BrN8O. The summed E-state index contributed by atoms with van der Waals surface area (Å²) in [4.78, 5) is 0. The molecule has 3 rings (SSSR count). The van der Waals surface area contributed by atoms with Crippen molar-refractivity contribution in [1.82, 2.24) is 25.3 Å². The van der Waals surface area contributed by atoms with Crippen molar-refractivity contribution >= 4 is 33.7 Å². The van der Waals surface area contributed by atoms with E-state index in [4.69, 9.17) is 5.73 Å². The Labute approximate surface area is 145 Å². The minimum atomic E-state index is 0.136. The van der Waals surface area contributed by atoms with E-state index >= 15 is 0 Å². The van der Waals surface area contributed by atoms with Gasteiger partial charge in [0.15, 0.2) is 0 Å². The van der Waals surface area contributed by atoms with E-state index in [-0.39, 0.29) is 11.6 Å².